The van der Waals surface area contributed by atoms with Crippen LogP contribution < -0.4 is 5.32 Å². The first kappa shape index (κ1) is 15.3. The van der Waals surface area contributed by atoms with E-state index in [1.165, 1.54) is 0 Å². The van der Waals surface area contributed by atoms with Gasteiger partial charge in [0.05, 0.1) is 6.54 Å². The van der Waals surface area contributed by atoms with Gasteiger partial charge in [-0.3, -0.25) is 14.5 Å². The fourth-order valence-corrected chi connectivity index (χ4v) is 3.19. The van der Waals surface area contributed by atoms with Crippen molar-refractivity contribution in [1.29, 1.82) is 0 Å². The highest BCUT2D eigenvalue weighted by molar-refractivity contribution is 5.82. The van der Waals surface area contributed by atoms with Gasteiger partial charge in [0.1, 0.15) is 0 Å². The van der Waals surface area contributed by atoms with Crippen LogP contribution in [-0.2, 0) is 9.59 Å². The van der Waals surface area contributed by atoms with Gasteiger partial charge in [-0.1, -0.05) is 20.8 Å². The second kappa shape index (κ2) is 5.72. The number of nitrogens with one attached hydrogen (secondary N) is 1. The lowest BCUT2D eigenvalue weighted by Gasteiger charge is -2.42. The van der Waals surface area contributed by atoms with Crippen molar-refractivity contribution in [1.82, 2.24) is 10.2 Å². The summed E-state index contributed by atoms with van der Waals surface area (Å²) in [6.45, 7) is 7.13. The van der Waals surface area contributed by atoms with Crippen molar-refractivity contribution in [3.05, 3.63) is 0 Å². The van der Waals surface area contributed by atoms with E-state index < -0.39 is 5.97 Å². The molecule has 0 radical (unpaired) electrons. The van der Waals surface area contributed by atoms with Crippen molar-refractivity contribution in [2.45, 2.75) is 58.5 Å². The Labute approximate surface area is 120 Å². The molecule has 2 aliphatic carbocycles. The smallest absolute Gasteiger partial charge is 0.317 e. The van der Waals surface area contributed by atoms with E-state index in [1.54, 1.807) is 0 Å². The van der Waals surface area contributed by atoms with Gasteiger partial charge in [0.15, 0.2) is 0 Å². The summed E-state index contributed by atoms with van der Waals surface area (Å²) in [5, 5.41) is 12.0. The Balaban J connectivity index is 1.71. The maximum Gasteiger partial charge on any atom is 0.317 e. The van der Waals surface area contributed by atoms with Crippen LogP contribution in [0.3, 0.4) is 0 Å². The molecule has 2 aliphatic rings. The van der Waals surface area contributed by atoms with E-state index in [1.807, 2.05) is 11.8 Å². The van der Waals surface area contributed by atoms with E-state index in [9.17, 15) is 9.59 Å². The summed E-state index contributed by atoms with van der Waals surface area (Å²) in [5.74, 6) is -0.400. The Hall–Kier alpha value is -1.10. The Morgan fingerprint density at radius 2 is 2.00 bits per heavy atom. The summed E-state index contributed by atoms with van der Waals surface area (Å²) in [5.41, 5.74) is 0.214. The number of likely N-dealkylation sites (N-methyl/N-ethyl adjacent to an activating group) is 1. The van der Waals surface area contributed by atoms with Gasteiger partial charge < -0.3 is 10.4 Å². The van der Waals surface area contributed by atoms with E-state index in [0.29, 0.717) is 6.04 Å². The van der Waals surface area contributed by atoms with Gasteiger partial charge in [0.2, 0.25) is 5.91 Å². The molecule has 0 aromatic carbocycles. The number of carboxylic acids is 1. The van der Waals surface area contributed by atoms with Crippen LogP contribution in [0, 0.1) is 11.3 Å². The third-order valence-corrected chi connectivity index (χ3v) is 5.20. The van der Waals surface area contributed by atoms with Gasteiger partial charge in [0, 0.05) is 18.0 Å². The minimum Gasteiger partial charge on any atom is -0.480 e. The minimum absolute atomic E-state index is 0.0956. The molecule has 0 bridgehead atoms. The average molecular weight is 282 g/mol. The number of hydrogen-bond acceptors (Lipinski definition) is 3. The van der Waals surface area contributed by atoms with Crippen molar-refractivity contribution in [2.75, 3.05) is 13.1 Å². The summed E-state index contributed by atoms with van der Waals surface area (Å²) >= 11 is 0. The molecule has 0 aromatic rings. The number of rotatable bonds is 7. The van der Waals surface area contributed by atoms with Crippen molar-refractivity contribution in [2.24, 2.45) is 11.3 Å². The van der Waals surface area contributed by atoms with Crippen LogP contribution in [0.2, 0.25) is 0 Å². The molecule has 2 unspecified atom stereocenters. The molecular weight excluding hydrogens is 256 g/mol. The van der Waals surface area contributed by atoms with Crippen LogP contribution in [-0.4, -0.2) is 47.1 Å². The first-order chi connectivity index (χ1) is 9.39. The zero-order valence-corrected chi connectivity index (χ0v) is 12.7. The van der Waals surface area contributed by atoms with Gasteiger partial charge in [-0.25, -0.2) is 0 Å². The summed E-state index contributed by atoms with van der Waals surface area (Å²) in [6, 6.07) is 0.537. The maximum absolute atomic E-state index is 12.1. The molecule has 0 spiro atoms. The first-order valence-corrected chi connectivity index (χ1v) is 7.65. The molecule has 5 nitrogen and oxygen atoms in total. The first-order valence-electron chi connectivity index (χ1n) is 7.65. The van der Waals surface area contributed by atoms with E-state index >= 15 is 0 Å². The molecule has 0 aliphatic heterocycles. The fourth-order valence-electron chi connectivity index (χ4n) is 3.19. The molecule has 114 valence electrons. The standard InChI is InChI=1S/C15H26N2O3/c1-4-15(3)8-12(15)14(20)16-10-6-11(7-10)17(5-2)9-13(18)19/h10-12H,4-9H2,1-3H3,(H,16,20)(H,18,19). The van der Waals surface area contributed by atoms with Crippen LogP contribution in [0.25, 0.3) is 0 Å². The van der Waals surface area contributed by atoms with Gasteiger partial charge in [-0.15, -0.1) is 0 Å². The van der Waals surface area contributed by atoms with Gasteiger partial charge in [0.25, 0.3) is 0 Å². The molecular formula is C15H26N2O3. The van der Waals surface area contributed by atoms with Crippen molar-refractivity contribution >= 4 is 11.9 Å². The predicted octanol–water partition coefficient (Wildman–Crippen LogP) is 1.48. The highest BCUT2D eigenvalue weighted by atomic mass is 16.4. The lowest BCUT2D eigenvalue weighted by atomic mass is 9.85. The number of carbonyl (C=O) groups is 2. The number of hydrogen-bond donors (Lipinski definition) is 2. The van der Waals surface area contributed by atoms with Gasteiger partial charge >= 0.3 is 5.97 Å². The summed E-state index contributed by atoms with van der Waals surface area (Å²) in [4.78, 5) is 24.8. The highest BCUT2D eigenvalue weighted by Crippen LogP contribution is 2.54. The highest BCUT2D eigenvalue weighted by Gasteiger charge is 2.53. The number of aliphatic carboxylic acids is 1. The quantitative estimate of drug-likeness (QED) is 0.742. The largest absolute Gasteiger partial charge is 0.480 e. The molecule has 0 saturated heterocycles. The molecule has 1 amide bonds. The third kappa shape index (κ3) is 3.14. The average Bonchev–Trinajstić information content (AvgIpc) is 3.03. The Morgan fingerprint density at radius 3 is 2.45 bits per heavy atom. The molecule has 2 fully saturated rings. The summed E-state index contributed by atoms with van der Waals surface area (Å²) in [7, 11) is 0. The molecule has 2 N–H and O–H groups in total. The number of carbonyl (C=O) groups excluding carboxylic acids is 1. The van der Waals surface area contributed by atoms with E-state index in [4.69, 9.17) is 5.11 Å². The molecule has 2 saturated carbocycles. The second-order valence-corrected chi connectivity index (χ2v) is 6.55. The number of amides is 1. The third-order valence-electron chi connectivity index (χ3n) is 5.20. The second-order valence-electron chi connectivity index (χ2n) is 6.55. The van der Waals surface area contributed by atoms with Crippen molar-refractivity contribution in [3.63, 3.8) is 0 Å². The number of nitrogens with zero attached hydrogens (tertiary/aromatic N) is 1. The van der Waals surface area contributed by atoms with Crippen LogP contribution in [0.15, 0.2) is 0 Å². The Kier molecular flexibility index (Phi) is 4.37. The van der Waals surface area contributed by atoms with Gasteiger partial charge in [-0.05, 0) is 37.6 Å². The van der Waals surface area contributed by atoms with Crippen LogP contribution in [0.1, 0.15) is 46.5 Å². The zero-order chi connectivity index (χ0) is 14.9. The predicted molar refractivity (Wildman–Crippen MR) is 76.3 cm³/mol. The Bertz CT molecular complexity index is 393. The molecule has 0 heterocycles. The zero-order valence-electron chi connectivity index (χ0n) is 12.7. The summed E-state index contributed by atoms with van der Waals surface area (Å²) < 4.78 is 0. The molecule has 2 rings (SSSR count). The normalized spacial score (nSPS) is 35.5. The monoisotopic (exact) mass is 282 g/mol. The van der Waals surface area contributed by atoms with Crippen LogP contribution in [0.5, 0.6) is 0 Å². The Morgan fingerprint density at radius 1 is 1.35 bits per heavy atom. The molecule has 0 aromatic heterocycles. The lowest BCUT2D eigenvalue weighted by molar-refractivity contribution is -0.140. The minimum atomic E-state index is -0.781. The number of carboxylic acid groups (broad SMARTS) is 1. The molecule has 5 heteroatoms. The van der Waals surface area contributed by atoms with Crippen molar-refractivity contribution in [3.8, 4) is 0 Å². The maximum atomic E-state index is 12.1. The van der Waals surface area contributed by atoms with Crippen molar-refractivity contribution < 1.29 is 14.7 Å². The summed E-state index contributed by atoms with van der Waals surface area (Å²) in [6.07, 6.45) is 3.82. The van der Waals surface area contributed by atoms with E-state index in [0.717, 1.165) is 32.2 Å². The van der Waals surface area contributed by atoms with Crippen LogP contribution in [0.4, 0.5) is 0 Å². The lowest BCUT2D eigenvalue weighted by Crippen LogP contribution is -2.55. The molecule has 2 atom stereocenters. The van der Waals surface area contributed by atoms with E-state index in [2.05, 4.69) is 19.2 Å². The molecule has 20 heavy (non-hydrogen) atoms. The van der Waals surface area contributed by atoms with Crippen LogP contribution >= 0.6 is 0 Å². The topological polar surface area (TPSA) is 69.6 Å². The SMILES string of the molecule is CCN(CC(=O)O)C1CC(NC(=O)C2CC2(C)CC)C1. The van der Waals surface area contributed by atoms with Gasteiger partial charge in [-0.2, -0.15) is 0 Å². The fraction of sp³-hybridized carbons (Fsp3) is 0.867. The van der Waals surface area contributed by atoms with E-state index in [-0.39, 0.29) is 29.8 Å².